The first-order valence-corrected chi connectivity index (χ1v) is 7.30. The Morgan fingerprint density at radius 1 is 1.55 bits per heavy atom. The van der Waals surface area contributed by atoms with Crippen molar-refractivity contribution in [3.8, 4) is 0 Å². The third kappa shape index (κ3) is 4.83. The van der Waals surface area contributed by atoms with Crippen LogP contribution in [0.2, 0.25) is 5.02 Å². The largest absolute Gasteiger partial charge is 0.352 e. The van der Waals surface area contributed by atoms with Crippen LogP contribution in [0.25, 0.3) is 0 Å². The Labute approximate surface area is 140 Å². The predicted octanol–water partition coefficient (Wildman–Crippen LogP) is 2.47. The number of nitro groups is 1. The average molecular weight is 348 g/mol. The molecule has 1 saturated heterocycles. The van der Waals surface area contributed by atoms with Gasteiger partial charge in [-0.15, -0.1) is 12.4 Å². The highest BCUT2D eigenvalue weighted by molar-refractivity contribution is 6.31. The van der Waals surface area contributed by atoms with Crippen LogP contribution in [0, 0.1) is 10.1 Å². The molecule has 2 rings (SSSR count). The summed E-state index contributed by atoms with van der Waals surface area (Å²) in [6, 6.07) is 4.52. The van der Waals surface area contributed by atoms with E-state index in [-0.39, 0.29) is 47.5 Å². The van der Waals surface area contributed by atoms with Gasteiger partial charge in [0.2, 0.25) is 5.91 Å². The molecule has 2 N–H and O–H groups in total. The fourth-order valence-corrected chi connectivity index (χ4v) is 2.71. The van der Waals surface area contributed by atoms with Crippen LogP contribution < -0.4 is 10.6 Å². The van der Waals surface area contributed by atoms with Gasteiger partial charge in [-0.3, -0.25) is 14.9 Å². The zero-order valence-electron chi connectivity index (χ0n) is 12.2. The Hall–Kier alpha value is -1.37. The van der Waals surface area contributed by atoms with E-state index < -0.39 is 4.92 Å². The minimum absolute atomic E-state index is 0. The number of piperidine rings is 1. The van der Waals surface area contributed by atoms with Crippen molar-refractivity contribution < 1.29 is 9.72 Å². The Morgan fingerprint density at radius 3 is 2.86 bits per heavy atom. The molecule has 0 aliphatic carbocycles. The van der Waals surface area contributed by atoms with E-state index in [0.717, 1.165) is 19.4 Å². The maximum atomic E-state index is 12.1. The Balaban J connectivity index is 0.00000242. The van der Waals surface area contributed by atoms with Crippen LogP contribution in [0.3, 0.4) is 0 Å². The van der Waals surface area contributed by atoms with Crippen LogP contribution in [0.1, 0.15) is 25.3 Å². The first-order chi connectivity index (χ1) is 9.97. The normalized spacial score (nSPS) is 20.8. The quantitative estimate of drug-likeness (QED) is 0.647. The molecule has 22 heavy (non-hydrogen) atoms. The molecular formula is C14H19Cl2N3O3. The van der Waals surface area contributed by atoms with Crippen LogP contribution in [-0.2, 0) is 11.2 Å². The van der Waals surface area contributed by atoms with Crippen molar-refractivity contribution in [3.05, 3.63) is 38.9 Å². The van der Waals surface area contributed by atoms with Crippen molar-refractivity contribution in [1.29, 1.82) is 0 Å². The molecule has 1 aliphatic rings. The number of carbonyl (C=O) groups is 1. The van der Waals surface area contributed by atoms with Crippen molar-refractivity contribution in [1.82, 2.24) is 10.6 Å². The number of nitrogens with one attached hydrogen (secondary N) is 2. The van der Waals surface area contributed by atoms with Crippen molar-refractivity contribution in [2.75, 3.05) is 6.54 Å². The maximum Gasteiger partial charge on any atom is 0.270 e. The summed E-state index contributed by atoms with van der Waals surface area (Å²) in [5, 5.41) is 17.2. The number of hydrogen-bond donors (Lipinski definition) is 2. The molecule has 2 unspecified atom stereocenters. The summed E-state index contributed by atoms with van der Waals surface area (Å²) < 4.78 is 0. The van der Waals surface area contributed by atoms with Gasteiger partial charge in [-0.05, 0) is 31.9 Å². The summed E-state index contributed by atoms with van der Waals surface area (Å²) in [4.78, 5) is 22.2. The second-order valence-corrected chi connectivity index (χ2v) is 5.68. The van der Waals surface area contributed by atoms with Gasteiger partial charge in [-0.2, -0.15) is 0 Å². The first-order valence-electron chi connectivity index (χ1n) is 6.93. The van der Waals surface area contributed by atoms with E-state index >= 15 is 0 Å². The highest BCUT2D eigenvalue weighted by Gasteiger charge is 2.22. The zero-order valence-corrected chi connectivity index (χ0v) is 13.7. The van der Waals surface area contributed by atoms with Crippen LogP contribution in [0.5, 0.6) is 0 Å². The Bertz CT molecular complexity index is 554. The second-order valence-electron chi connectivity index (χ2n) is 5.27. The van der Waals surface area contributed by atoms with E-state index in [1.54, 1.807) is 0 Å². The molecule has 1 aliphatic heterocycles. The van der Waals surface area contributed by atoms with Crippen molar-refractivity contribution in [2.24, 2.45) is 0 Å². The molecule has 122 valence electrons. The van der Waals surface area contributed by atoms with E-state index in [1.807, 2.05) is 6.92 Å². The molecule has 1 aromatic rings. The monoisotopic (exact) mass is 347 g/mol. The second kappa shape index (κ2) is 8.31. The molecule has 0 saturated carbocycles. The van der Waals surface area contributed by atoms with E-state index in [0.29, 0.717) is 5.56 Å². The van der Waals surface area contributed by atoms with Gasteiger partial charge in [-0.1, -0.05) is 17.7 Å². The molecule has 0 bridgehead atoms. The van der Waals surface area contributed by atoms with Gasteiger partial charge >= 0.3 is 0 Å². The van der Waals surface area contributed by atoms with E-state index in [4.69, 9.17) is 11.6 Å². The van der Waals surface area contributed by atoms with E-state index in [2.05, 4.69) is 10.6 Å². The topological polar surface area (TPSA) is 84.3 Å². The lowest BCUT2D eigenvalue weighted by Crippen LogP contribution is -2.52. The number of amides is 1. The number of carbonyl (C=O) groups excluding carboxylic acids is 1. The number of rotatable bonds is 4. The fraction of sp³-hybridized carbons (Fsp3) is 0.500. The SMILES string of the molecule is CC1NCCCC1NC(=O)Cc1ccc([N+](=O)[O-])cc1Cl.Cl. The minimum Gasteiger partial charge on any atom is -0.352 e. The lowest BCUT2D eigenvalue weighted by Gasteiger charge is -2.30. The van der Waals surface area contributed by atoms with Gasteiger partial charge in [0.15, 0.2) is 0 Å². The lowest BCUT2D eigenvalue weighted by atomic mass is 9.99. The molecule has 1 heterocycles. The number of hydrogen-bond acceptors (Lipinski definition) is 4. The highest BCUT2D eigenvalue weighted by Crippen LogP contribution is 2.23. The van der Waals surface area contributed by atoms with Gasteiger partial charge < -0.3 is 10.6 Å². The van der Waals surface area contributed by atoms with Gasteiger partial charge in [0, 0.05) is 24.2 Å². The predicted molar refractivity (Wildman–Crippen MR) is 87.7 cm³/mol. The van der Waals surface area contributed by atoms with Crippen molar-refractivity contribution in [3.63, 3.8) is 0 Å². The van der Waals surface area contributed by atoms with Crippen LogP contribution in [-0.4, -0.2) is 29.5 Å². The molecule has 6 nitrogen and oxygen atoms in total. The van der Waals surface area contributed by atoms with Crippen molar-refractivity contribution >= 4 is 35.6 Å². The Kier molecular flexibility index (Phi) is 7.06. The lowest BCUT2D eigenvalue weighted by molar-refractivity contribution is -0.384. The number of nitrogens with zero attached hydrogens (tertiary/aromatic N) is 1. The standard InChI is InChI=1S/C14H18ClN3O3.ClH/c1-9-13(3-2-6-16-9)17-14(19)7-10-4-5-11(18(20)21)8-12(10)15;/h4-5,8-9,13,16H,2-3,6-7H2,1H3,(H,17,19);1H. The van der Waals surface area contributed by atoms with E-state index in [9.17, 15) is 14.9 Å². The Morgan fingerprint density at radius 2 is 2.27 bits per heavy atom. The first kappa shape index (κ1) is 18.7. The summed E-state index contributed by atoms with van der Waals surface area (Å²) in [5.74, 6) is -0.119. The van der Waals surface area contributed by atoms with Gasteiger partial charge in [0.25, 0.3) is 5.69 Å². The molecule has 1 fully saturated rings. The minimum atomic E-state index is -0.509. The molecule has 2 atom stereocenters. The summed E-state index contributed by atoms with van der Waals surface area (Å²) >= 11 is 5.99. The van der Waals surface area contributed by atoms with Crippen LogP contribution >= 0.6 is 24.0 Å². The molecular weight excluding hydrogens is 329 g/mol. The zero-order chi connectivity index (χ0) is 15.4. The number of benzene rings is 1. The van der Waals surface area contributed by atoms with Crippen molar-refractivity contribution in [2.45, 2.75) is 38.3 Å². The van der Waals surface area contributed by atoms with Crippen LogP contribution in [0.4, 0.5) is 5.69 Å². The third-order valence-electron chi connectivity index (χ3n) is 3.71. The highest BCUT2D eigenvalue weighted by atomic mass is 35.5. The molecule has 0 aromatic heterocycles. The fourth-order valence-electron chi connectivity index (χ4n) is 2.47. The van der Waals surface area contributed by atoms with Gasteiger partial charge in [-0.25, -0.2) is 0 Å². The van der Waals surface area contributed by atoms with Gasteiger partial charge in [0.1, 0.15) is 0 Å². The molecule has 1 amide bonds. The van der Waals surface area contributed by atoms with E-state index in [1.165, 1.54) is 18.2 Å². The summed E-state index contributed by atoms with van der Waals surface area (Å²) in [6.45, 7) is 3.02. The smallest absolute Gasteiger partial charge is 0.270 e. The molecule has 0 spiro atoms. The molecule has 1 aromatic carbocycles. The molecule has 0 radical (unpaired) electrons. The number of halogens is 2. The molecule has 8 heteroatoms. The average Bonchev–Trinajstić information content (AvgIpc) is 2.43. The number of non-ortho nitro benzene ring substituents is 1. The maximum absolute atomic E-state index is 12.1. The summed E-state index contributed by atoms with van der Waals surface area (Å²) in [5.41, 5.74) is 0.519. The van der Waals surface area contributed by atoms with Crippen LogP contribution in [0.15, 0.2) is 18.2 Å². The summed E-state index contributed by atoms with van der Waals surface area (Å²) in [6.07, 6.45) is 2.11. The third-order valence-corrected chi connectivity index (χ3v) is 4.06. The number of nitro benzene ring substituents is 1. The van der Waals surface area contributed by atoms with Gasteiger partial charge in [0.05, 0.1) is 16.4 Å². The summed E-state index contributed by atoms with van der Waals surface area (Å²) in [7, 11) is 0.